The number of aliphatic imine (C=N–C) groups is 1. The first-order chi connectivity index (χ1) is 13.9. The van der Waals surface area contributed by atoms with Gasteiger partial charge in [0.05, 0.1) is 26.9 Å². The lowest BCUT2D eigenvalue weighted by Gasteiger charge is -2.17. The molecule has 29 heavy (non-hydrogen) atoms. The Morgan fingerprint density at radius 2 is 2.00 bits per heavy atom. The first-order valence-electron chi connectivity index (χ1n) is 9.04. The van der Waals surface area contributed by atoms with Gasteiger partial charge in [-0.25, -0.2) is 9.38 Å². The maximum Gasteiger partial charge on any atom is 0.264 e. The molecule has 8 heteroatoms. The molecule has 0 saturated carbocycles. The SMILES string of the molecule is CCOc1cc(/C=C2/SC(=Nc3ccc(F)cc3)NC2=O)cc(I)c1OC(C)C. The molecule has 152 valence electrons. The average molecular weight is 526 g/mol. The number of nitrogens with zero attached hydrogens (tertiary/aromatic N) is 1. The number of hydrogen-bond donors (Lipinski definition) is 1. The van der Waals surface area contributed by atoms with Crippen LogP contribution in [-0.2, 0) is 4.79 Å². The highest BCUT2D eigenvalue weighted by Gasteiger charge is 2.24. The fourth-order valence-electron chi connectivity index (χ4n) is 2.55. The Morgan fingerprint density at radius 3 is 2.66 bits per heavy atom. The lowest BCUT2D eigenvalue weighted by molar-refractivity contribution is -0.115. The van der Waals surface area contributed by atoms with Crippen molar-refractivity contribution >= 4 is 57.2 Å². The van der Waals surface area contributed by atoms with Crippen LogP contribution >= 0.6 is 34.4 Å². The predicted octanol–water partition coefficient (Wildman–Crippen LogP) is 5.51. The highest BCUT2D eigenvalue weighted by molar-refractivity contribution is 14.1. The van der Waals surface area contributed by atoms with Crippen molar-refractivity contribution in [2.24, 2.45) is 4.99 Å². The van der Waals surface area contributed by atoms with Gasteiger partial charge in [0, 0.05) is 0 Å². The van der Waals surface area contributed by atoms with Crippen molar-refractivity contribution in [1.29, 1.82) is 0 Å². The molecule has 0 bridgehead atoms. The zero-order chi connectivity index (χ0) is 21.0. The van der Waals surface area contributed by atoms with Gasteiger partial charge >= 0.3 is 0 Å². The number of benzene rings is 2. The van der Waals surface area contributed by atoms with E-state index in [1.807, 2.05) is 32.9 Å². The first-order valence-corrected chi connectivity index (χ1v) is 10.9. The van der Waals surface area contributed by atoms with E-state index in [9.17, 15) is 9.18 Å². The summed E-state index contributed by atoms with van der Waals surface area (Å²) in [5.74, 6) is 0.781. The van der Waals surface area contributed by atoms with Crippen LogP contribution in [0.25, 0.3) is 6.08 Å². The predicted molar refractivity (Wildman–Crippen MR) is 123 cm³/mol. The van der Waals surface area contributed by atoms with Gasteiger partial charge in [-0.2, -0.15) is 0 Å². The van der Waals surface area contributed by atoms with Gasteiger partial charge in [-0.15, -0.1) is 0 Å². The number of nitrogens with one attached hydrogen (secondary N) is 1. The molecule has 1 amide bonds. The van der Waals surface area contributed by atoms with E-state index in [1.54, 1.807) is 18.2 Å². The van der Waals surface area contributed by atoms with Crippen molar-refractivity contribution in [3.8, 4) is 11.5 Å². The highest BCUT2D eigenvalue weighted by atomic mass is 127. The largest absolute Gasteiger partial charge is 0.490 e. The summed E-state index contributed by atoms with van der Waals surface area (Å²) in [6.07, 6.45) is 1.81. The molecule has 0 aromatic heterocycles. The van der Waals surface area contributed by atoms with Crippen molar-refractivity contribution in [3.63, 3.8) is 0 Å². The Kier molecular flexibility index (Phi) is 7.18. The van der Waals surface area contributed by atoms with E-state index in [0.717, 1.165) is 9.13 Å². The smallest absolute Gasteiger partial charge is 0.264 e. The minimum Gasteiger partial charge on any atom is -0.490 e. The number of amides is 1. The molecular formula is C21H20FIN2O3S. The molecule has 0 spiro atoms. The summed E-state index contributed by atoms with van der Waals surface area (Å²) in [7, 11) is 0. The van der Waals surface area contributed by atoms with E-state index in [4.69, 9.17) is 9.47 Å². The van der Waals surface area contributed by atoms with E-state index in [0.29, 0.717) is 33.9 Å². The fourth-order valence-corrected chi connectivity index (χ4v) is 4.14. The minimum absolute atomic E-state index is 0.0216. The molecule has 1 heterocycles. The van der Waals surface area contributed by atoms with Gasteiger partial charge in [0.2, 0.25) is 0 Å². The lowest BCUT2D eigenvalue weighted by Crippen LogP contribution is -2.19. The topological polar surface area (TPSA) is 59.9 Å². The third-order valence-electron chi connectivity index (χ3n) is 3.69. The van der Waals surface area contributed by atoms with Gasteiger partial charge in [-0.1, -0.05) is 0 Å². The summed E-state index contributed by atoms with van der Waals surface area (Å²) < 4.78 is 25.6. The Balaban J connectivity index is 1.87. The van der Waals surface area contributed by atoms with E-state index in [1.165, 1.54) is 23.9 Å². The van der Waals surface area contributed by atoms with Crippen LogP contribution in [0.15, 0.2) is 46.3 Å². The van der Waals surface area contributed by atoms with Crippen molar-refractivity contribution in [2.75, 3.05) is 6.61 Å². The monoisotopic (exact) mass is 526 g/mol. The zero-order valence-electron chi connectivity index (χ0n) is 16.2. The number of carbonyl (C=O) groups is 1. The van der Waals surface area contributed by atoms with Crippen molar-refractivity contribution in [1.82, 2.24) is 5.32 Å². The second-order valence-corrected chi connectivity index (χ2v) is 8.58. The van der Waals surface area contributed by atoms with Crippen LogP contribution in [0, 0.1) is 9.39 Å². The molecule has 3 rings (SSSR count). The molecule has 1 aliphatic rings. The zero-order valence-corrected chi connectivity index (χ0v) is 19.1. The number of rotatable bonds is 6. The normalized spacial score (nSPS) is 16.6. The minimum atomic E-state index is -0.331. The van der Waals surface area contributed by atoms with Gasteiger partial charge in [0.25, 0.3) is 5.91 Å². The second-order valence-electron chi connectivity index (χ2n) is 6.39. The molecule has 2 aromatic rings. The Morgan fingerprint density at radius 1 is 1.28 bits per heavy atom. The number of hydrogen-bond acceptors (Lipinski definition) is 5. The number of carbonyl (C=O) groups excluding carboxylic acids is 1. The molecule has 0 radical (unpaired) electrons. The molecular weight excluding hydrogens is 506 g/mol. The van der Waals surface area contributed by atoms with Crippen LogP contribution in [0.4, 0.5) is 10.1 Å². The molecule has 1 saturated heterocycles. The average Bonchev–Trinajstić information content (AvgIpc) is 2.99. The van der Waals surface area contributed by atoms with E-state index in [2.05, 4.69) is 32.9 Å². The molecule has 1 aliphatic heterocycles. The third kappa shape index (κ3) is 5.72. The van der Waals surface area contributed by atoms with Crippen LogP contribution in [0.1, 0.15) is 26.3 Å². The van der Waals surface area contributed by atoms with Crippen molar-refractivity contribution in [3.05, 3.63) is 56.3 Å². The molecule has 1 N–H and O–H groups in total. The van der Waals surface area contributed by atoms with Crippen LogP contribution in [0.5, 0.6) is 11.5 Å². The standard InChI is InChI=1S/C21H20FIN2O3S/c1-4-27-17-10-13(9-16(23)19(17)28-12(2)3)11-18-20(26)25-21(29-18)24-15-7-5-14(22)6-8-15/h5-12H,4H2,1-3H3,(H,24,25,26)/b18-11+. The second kappa shape index (κ2) is 9.62. The fraction of sp³-hybridized carbons (Fsp3) is 0.238. The summed E-state index contributed by atoms with van der Waals surface area (Å²) in [4.78, 5) is 17.2. The summed E-state index contributed by atoms with van der Waals surface area (Å²) in [6, 6.07) is 9.57. The molecule has 2 aromatic carbocycles. The Bertz CT molecular complexity index is 975. The Labute approximate surface area is 186 Å². The maximum atomic E-state index is 13.0. The highest BCUT2D eigenvalue weighted by Crippen LogP contribution is 2.37. The first kappa shape index (κ1) is 21.6. The molecule has 0 atom stereocenters. The van der Waals surface area contributed by atoms with Gasteiger partial charge in [-0.3, -0.25) is 4.79 Å². The van der Waals surface area contributed by atoms with E-state index < -0.39 is 0 Å². The lowest BCUT2D eigenvalue weighted by atomic mass is 10.2. The van der Waals surface area contributed by atoms with Crippen LogP contribution in [0.3, 0.4) is 0 Å². The van der Waals surface area contributed by atoms with Gasteiger partial charge in [0.1, 0.15) is 5.82 Å². The maximum absolute atomic E-state index is 13.0. The summed E-state index contributed by atoms with van der Waals surface area (Å²) in [5, 5.41) is 3.18. The molecule has 0 aliphatic carbocycles. The molecule has 0 unspecified atom stereocenters. The number of amidine groups is 1. The van der Waals surface area contributed by atoms with Crippen LogP contribution in [0.2, 0.25) is 0 Å². The number of halogens is 2. The van der Waals surface area contributed by atoms with Gasteiger partial charge in [-0.05, 0) is 103 Å². The summed E-state index contributed by atoms with van der Waals surface area (Å²) >= 11 is 3.44. The van der Waals surface area contributed by atoms with Crippen LogP contribution < -0.4 is 14.8 Å². The van der Waals surface area contributed by atoms with Crippen molar-refractivity contribution in [2.45, 2.75) is 26.9 Å². The summed E-state index contributed by atoms with van der Waals surface area (Å²) in [6.45, 7) is 6.34. The van der Waals surface area contributed by atoms with Crippen LogP contribution in [-0.4, -0.2) is 23.8 Å². The van der Waals surface area contributed by atoms with E-state index in [-0.39, 0.29) is 17.8 Å². The molecule has 1 fully saturated rings. The van der Waals surface area contributed by atoms with Gasteiger partial charge < -0.3 is 14.8 Å². The summed E-state index contributed by atoms with van der Waals surface area (Å²) in [5.41, 5.74) is 1.40. The molecule has 5 nitrogen and oxygen atoms in total. The number of ether oxygens (including phenoxy) is 2. The Hall–Kier alpha value is -2.07. The number of thioether (sulfide) groups is 1. The van der Waals surface area contributed by atoms with Crippen molar-refractivity contribution < 1.29 is 18.7 Å². The third-order valence-corrected chi connectivity index (χ3v) is 5.40. The quantitative estimate of drug-likeness (QED) is 0.399. The van der Waals surface area contributed by atoms with Gasteiger partial charge in [0.15, 0.2) is 16.7 Å². The van der Waals surface area contributed by atoms with E-state index >= 15 is 0 Å².